The molecule has 3 aliphatic heterocycles. The van der Waals surface area contributed by atoms with Crippen LogP contribution >= 0.6 is 0 Å². The molecule has 2 unspecified atom stereocenters. The molecule has 1 spiro atoms. The second kappa shape index (κ2) is 6.93. The molecule has 0 aliphatic carbocycles. The van der Waals surface area contributed by atoms with E-state index in [1.807, 2.05) is 12.1 Å². The molecule has 0 amide bonds. The maximum atomic E-state index is 6.31. The summed E-state index contributed by atoms with van der Waals surface area (Å²) in [6, 6.07) is 4.00. The van der Waals surface area contributed by atoms with E-state index in [0.717, 1.165) is 51.6 Å². The van der Waals surface area contributed by atoms with E-state index in [9.17, 15) is 0 Å². The Morgan fingerprint density at radius 3 is 2.91 bits per heavy atom. The van der Waals surface area contributed by atoms with Crippen molar-refractivity contribution in [3.8, 4) is 0 Å². The summed E-state index contributed by atoms with van der Waals surface area (Å²) in [6.07, 6.45) is 5.59. The molecule has 0 N–H and O–H groups in total. The summed E-state index contributed by atoms with van der Waals surface area (Å²) in [6.45, 7) is 8.87. The topological polar surface area (TPSA) is 38.1 Å². The van der Waals surface area contributed by atoms with Crippen LogP contribution < -0.4 is 0 Å². The number of likely N-dealkylation sites (tertiary alicyclic amines) is 1. The molecule has 0 radical (unpaired) electrons. The van der Waals surface area contributed by atoms with Crippen molar-refractivity contribution in [2.24, 2.45) is 5.92 Å². The van der Waals surface area contributed by atoms with E-state index in [4.69, 9.17) is 13.9 Å². The third-order valence-corrected chi connectivity index (χ3v) is 5.39. The second-order valence-corrected chi connectivity index (χ2v) is 7.41. The van der Waals surface area contributed by atoms with Gasteiger partial charge in [-0.05, 0) is 50.4 Å². The van der Waals surface area contributed by atoms with Gasteiger partial charge in [0.1, 0.15) is 11.4 Å². The average molecular weight is 320 g/mol. The molecular formula is C18H28N2O3. The number of furan rings is 1. The van der Waals surface area contributed by atoms with Crippen molar-refractivity contribution < 1.29 is 13.9 Å². The molecule has 1 aromatic rings. The zero-order valence-electron chi connectivity index (χ0n) is 13.9. The minimum Gasteiger partial charge on any atom is -0.468 e. The molecule has 23 heavy (non-hydrogen) atoms. The van der Waals surface area contributed by atoms with Gasteiger partial charge in [-0.3, -0.25) is 4.90 Å². The maximum Gasteiger partial charge on any atom is 0.117 e. The van der Waals surface area contributed by atoms with Crippen molar-refractivity contribution in [3.63, 3.8) is 0 Å². The van der Waals surface area contributed by atoms with Gasteiger partial charge in [-0.2, -0.15) is 0 Å². The van der Waals surface area contributed by atoms with E-state index in [1.165, 1.54) is 32.5 Å². The van der Waals surface area contributed by atoms with Crippen molar-refractivity contribution in [2.75, 3.05) is 52.5 Å². The normalized spacial score (nSPS) is 33.5. The SMILES string of the molecule is c1coc(CN2CCOCC3(CC(CN4CCCC4)CO3)C2)c1. The number of hydrogen-bond donors (Lipinski definition) is 0. The van der Waals surface area contributed by atoms with Crippen molar-refractivity contribution in [2.45, 2.75) is 31.4 Å². The van der Waals surface area contributed by atoms with Crippen LogP contribution in [0.25, 0.3) is 0 Å². The summed E-state index contributed by atoms with van der Waals surface area (Å²) in [5.41, 5.74) is -0.118. The van der Waals surface area contributed by atoms with Crippen molar-refractivity contribution in [1.82, 2.24) is 9.80 Å². The Morgan fingerprint density at radius 2 is 2.09 bits per heavy atom. The summed E-state index contributed by atoms with van der Waals surface area (Å²) in [5, 5.41) is 0. The highest BCUT2D eigenvalue weighted by Crippen LogP contribution is 2.34. The van der Waals surface area contributed by atoms with Gasteiger partial charge in [0.15, 0.2) is 0 Å². The number of hydrogen-bond acceptors (Lipinski definition) is 5. The van der Waals surface area contributed by atoms with Crippen LogP contribution in [0.3, 0.4) is 0 Å². The van der Waals surface area contributed by atoms with Crippen molar-refractivity contribution in [3.05, 3.63) is 24.2 Å². The highest BCUT2D eigenvalue weighted by Gasteiger charge is 2.43. The van der Waals surface area contributed by atoms with Crippen LogP contribution in [0.15, 0.2) is 22.8 Å². The third-order valence-electron chi connectivity index (χ3n) is 5.39. The third kappa shape index (κ3) is 3.79. The van der Waals surface area contributed by atoms with Crippen LogP contribution in [0.5, 0.6) is 0 Å². The van der Waals surface area contributed by atoms with Gasteiger partial charge in [0.25, 0.3) is 0 Å². The largest absolute Gasteiger partial charge is 0.468 e. The summed E-state index contributed by atoms with van der Waals surface area (Å²) >= 11 is 0. The fourth-order valence-corrected chi connectivity index (χ4v) is 4.34. The van der Waals surface area contributed by atoms with E-state index in [2.05, 4.69) is 9.80 Å². The van der Waals surface area contributed by atoms with Gasteiger partial charge in [0.05, 0.1) is 32.6 Å². The molecule has 1 aromatic heterocycles. The monoisotopic (exact) mass is 320 g/mol. The fraction of sp³-hybridized carbons (Fsp3) is 0.778. The van der Waals surface area contributed by atoms with Gasteiger partial charge < -0.3 is 18.8 Å². The maximum absolute atomic E-state index is 6.31. The lowest BCUT2D eigenvalue weighted by atomic mass is 9.94. The van der Waals surface area contributed by atoms with Crippen LogP contribution in [-0.2, 0) is 16.0 Å². The molecule has 3 fully saturated rings. The van der Waals surface area contributed by atoms with Crippen molar-refractivity contribution >= 4 is 0 Å². The summed E-state index contributed by atoms with van der Waals surface area (Å²) in [4.78, 5) is 5.02. The molecule has 5 nitrogen and oxygen atoms in total. The summed E-state index contributed by atoms with van der Waals surface area (Å²) in [5.74, 6) is 1.67. The molecular weight excluding hydrogens is 292 g/mol. The first-order valence-electron chi connectivity index (χ1n) is 9.00. The minimum atomic E-state index is -0.118. The smallest absolute Gasteiger partial charge is 0.117 e. The van der Waals surface area contributed by atoms with Gasteiger partial charge in [0.2, 0.25) is 0 Å². The summed E-state index contributed by atoms with van der Waals surface area (Å²) in [7, 11) is 0. The van der Waals surface area contributed by atoms with Gasteiger partial charge in [0, 0.05) is 19.6 Å². The van der Waals surface area contributed by atoms with Gasteiger partial charge in [-0.1, -0.05) is 0 Å². The highest BCUT2D eigenvalue weighted by atomic mass is 16.5. The van der Waals surface area contributed by atoms with E-state index < -0.39 is 0 Å². The summed E-state index contributed by atoms with van der Waals surface area (Å²) < 4.78 is 17.7. The first-order chi connectivity index (χ1) is 11.3. The Labute approximate surface area is 138 Å². The van der Waals surface area contributed by atoms with E-state index in [-0.39, 0.29) is 5.60 Å². The number of ether oxygens (including phenoxy) is 2. The quantitative estimate of drug-likeness (QED) is 0.848. The molecule has 3 aliphatic rings. The second-order valence-electron chi connectivity index (χ2n) is 7.41. The van der Waals surface area contributed by atoms with Crippen LogP contribution in [0.2, 0.25) is 0 Å². The molecule has 4 rings (SSSR count). The predicted octanol–water partition coefficient (Wildman–Crippen LogP) is 1.98. The zero-order chi connectivity index (χ0) is 15.5. The Hall–Kier alpha value is -0.880. The molecule has 3 saturated heterocycles. The Bertz CT molecular complexity index is 486. The lowest BCUT2D eigenvalue weighted by molar-refractivity contribution is -0.0566. The molecule has 0 bridgehead atoms. The van der Waals surface area contributed by atoms with E-state index in [1.54, 1.807) is 6.26 Å². The van der Waals surface area contributed by atoms with Gasteiger partial charge in [-0.15, -0.1) is 0 Å². The first-order valence-corrected chi connectivity index (χ1v) is 9.00. The molecule has 5 heteroatoms. The Morgan fingerprint density at radius 1 is 1.17 bits per heavy atom. The van der Waals surface area contributed by atoms with Gasteiger partial charge >= 0.3 is 0 Å². The van der Waals surface area contributed by atoms with E-state index in [0.29, 0.717) is 5.92 Å². The Kier molecular flexibility index (Phi) is 4.71. The number of rotatable bonds is 4. The van der Waals surface area contributed by atoms with Crippen LogP contribution in [0.4, 0.5) is 0 Å². The highest BCUT2D eigenvalue weighted by molar-refractivity contribution is 5.00. The van der Waals surface area contributed by atoms with Gasteiger partial charge in [-0.25, -0.2) is 0 Å². The Balaban J connectivity index is 1.36. The lowest BCUT2D eigenvalue weighted by Crippen LogP contribution is -2.44. The first kappa shape index (κ1) is 15.6. The molecule has 4 heterocycles. The lowest BCUT2D eigenvalue weighted by Gasteiger charge is -2.31. The van der Waals surface area contributed by atoms with E-state index >= 15 is 0 Å². The number of nitrogens with zero attached hydrogens (tertiary/aromatic N) is 2. The minimum absolute atomic E-state index is 0.118. The van der Waals surface area contributed by atoms with Crippen molar-refractivity contribution in [1.29, 1.82) is 0 Å². The van der Waals surface area contributed by atoms with Crippen LogP contribution in [0.1, 0.15) is 25.0 Å². The standard InChI is InChI=1S/C18H28N2O3/c1-2-6-19(5-1)11-16-10-18(23-13-16)14-20(7-9-21-15-18)12-17-4-3-8-22-17/h3-4,8,16H,1-2,5-7,9-15H2. The van der Waals surface area contributed by atoms with Crippen LogP contribution in [0, 0.1) is 5.92 Å². The zero-order valence-corrected chi connectivity index (χ0v) is 13.9. The molecule has 0 aromatic carbocycles. The average Bonchev–Trinajstić information content (AvgIpc) is 3.25. The van der Waals surface area contributed by atoms with Crippen LogP contribution in [-0.4, -0.2) is 67.9 Å². The molecule has 2 atom stereocenters. The fourth-order valence-electron chi connectivity index (χ4n) is 4.34. The predicted molar refractivity (Wildman–Crippen MR) is 87.3 cm³/mol. The molecule has 0 saturated carbocycles. The molecule has 128 valence electrons.